The van der Waals surface area contributed by atoms with Gasteiger partial charge in [0.1, 0.15) is 17.5 Å². The van der Waals surface area contributed by atoms with Gasteiger partial charge in [-0.05, 0) is 19.1 Å². The summed E-state index contributed by atoms with van der Waals surface area (Å²) in [5, 5.41) is 15.9. The van der Waals surface area contributed by atoms with Gasteiger partial charge in [0.15, 0.2) is 0 Å². The van der Waals surface area contributed by atoms with Crippen LogP contribution in [0.2, 0.25) is 0 Å². The third-order valence-corrected chi connectivity index (χ3v) is 3.24. The second-order valence-corrected chi connectivity index (χ2v) is 5.03. The molecule has 0 radical (unpaired) electrons. The van der Waals surface area contributed by atoms with E-state index in [0.717, 1.165) is 5.69 Å². The van der Waals surface area contributed by atoms with Crippen LogP contribution in [-0.4, -0.2) is 40.8 Å². The van der Waals surface area contributed by atoms with E-state index in [1.807, 2.05) is 18.2 Å². The van der Waals surface area contributed by atoms with Crippen LogP contribution < -0.4 is 5.32 Å². The van der Waals surface area contributed by atoms with Crippen molar-refractivity contribution in [3.8, 4) is 11.4 Å². The minimum Gasteiger partial charge on any atom is -0.475 e. The van der Waals surface area contributed by atoms with E-state index < -0.39 is 5.97 Å². The topological polar surface area (TPSA) is 119 Å². The van der Waals surface area contributed by atoms with Crippen molar-refractivity contribution in [3.63, 3.8) is 0 Å². The number of anilines is 1. The second kappa shape index (κ2) is 6.41. The van der Waals surface area contributed by atoms with Gasteiger partial charge in [-0.3, -0.25) is 9.67 Å². The second-order valence-electron chi connectivity index (χ2n) is 5.03. The highest BCUT2D eigenvalue weighted by molar-refractivity contribution is 5.82. The quantitative estimate of drug-likeness (QED) is 0.720. The summed E-state index contributed by atoms with van der Waals surface area (Å²) < 4.78 is 1.42. The molecule has 9 nitrogen and oxygen atoms in total. The predicted molar refractivity (Wildman–Crippen MR) is 85.3 cm³/mol. The molecular weight excluding hydrogens is 310 g/mol. The summed E-state index contributed by atoms with van der Waals surface area (Å²) in [6.07, 6.45) is 1.70. The molecule has 122 valence electrons. The molecule has 0 spiro atoms. The molecule has 2 N–H and O–H groups in total. The van der Waals surface area contributed by atoms with Gasteiger partial charge in [0, 0.05) is 19.3 Å². The van der Waals surface area contributed by atoms with Crippen LogP contribution in [0.25, 0.3) is 11.4 Å². The summed E-state index contributed by atoms with van der Waals surface area (Å²) in [7, 11) is 1.64. The van der Waals surface area contributed by atoms with Crippen LogP contribution in [-0.2, 0) is 13.6 Å². The van der Waals surface area contributed by atoms with Crippen molar-refractivity contribution in [2.24, 2.45) is 7.05 Å². The molecule has 24 heavy (non-hydrogen) atoms. The SMILES string of the molecule is Cc1nc(NCc2nc(C(=O)O)nn2C)cc(-c2ccccn2)n1. The van der Waals surface area contributed by atoms with E-state index in [1.165, 1.54) is 4.68 Å². The Bertz CT molecular complexity index is 877. The van der Waals surface area contributed by atoms with E-state index >= 15 is 0 Å². The first-order valence-corrected chi connectivity index (χ1v) is 7.17. The first-order chi connectivity index (χ1) is 11.5. The molecule has 0 atom stereocenters. The van der Waals surface area contributed by atoms with Gasteiger partial charge in [-0.25, -0.2) is 19.7 Å². The number of nitrogens with zero attached hydrogens (tertiary/aromatic N) is 6. The highest BCUT2D eigenvalue weighted by Crippen LogP contribution is 2.17. The number of hydrogen-bond donors (Lipinski definition) is 2. The predicted octanol–water partition coefficient (Wildman–Crippen LogP) is 1.29. The Morgan fingerprint density at radius 2 is 2.08 bits per heavy atom. The standard InChI is InChI=1S/C15H15N7O2/c1-9-18-11(10-5-3-4-6-16-10)7-12(19-9)17-8-13-20-14(15(23)24)21-22(13)2/h3-7H,8H2,1-2H3,(H,23,24)(H,17,18,19). The zero-order valence-corrected chi connectivity index (χ0v) is 13.1. The maximum Gasteiger partial charge on any atom is 0.375 e. The van der Waals surface area contributed by atoms with Gasteiger partial charge in [0.2, 0.25) is 0 Å². The lowest BCUT2D eigenvalue weighted by molar-refractivity contribution is 0.0683. The van der Waals surface area contributed by atoms with Crippen LogP contribution in [0.4, 0.5) is 5.82 Å². The van der Waals surface area contributed by atoms with Crippen molar-refractivity contribution in [1.29, 1.82) is 0 Å². The Kier molecular flexibility index (Phi) is 4.15. The third kappa shape index (κ3) is 3.35. The summed E-state index contributed by atoms with van der Waals surface area (Å²) in [6, 6.07) is 7.38. The van der Waals surface area contributed by atoms with Crippen LogP contribution in [0, 0.1) is 6.92 Å². The minimum atomic E-state index is -1.16. The van der Waals surface area contributed by atoms with E-state index in [9.17, 15) is 4.79 Å². The Morgan fingerprint density at radius 1 is 1.25 bits per heavy atom. The number of nitrogens with one attached hydrogen (secondary N) is 1. The van der Waals surface area contributed by atoms with Gasteiger partial charge < -0.3 is 10.4 Å². The van der Waals surface area contributed by atoms with Gasteiger partial charge in [0.05, 0.1) is 17.9 Å². The molecule has 3 rings (SSSR count). The van der Waals surface area contributed by atoms with E-state index in [-0.39, 0.29) is 12.4 Å². The van der Waals surface area contributed by atoms with E-state index in [2.05, 4.69) is 30.4 Å². The van der Waals surface area contributed by atoms with Gasteiger partial charge in [-0.15, -0.1) is 5.10 Å². The highest BCUT2D eigenvalue weighted by atomic mass is 16.4. The van der Waals surface area contributed by atoms with Crippen molar-refractivity contribution in [2.75, 3.05) is 5.32 Å². The van der Waals surface area contributed by atoms with E-state index in [4.69, 9.17) is 5.11 Å². The molecule has 0 aliphatic heterocycles. The molecule has 3 heterocycles. The summed E-state index contributed by atoms with van der Waals surface area (Å²) in [4.78, 5) is 27.8. The zero-order chi connectivity index (χ0) is 17.1. The molecule has 0 saturated carbocycles. The fraction of sp³-hybridized carbons (Fsp3) is 0.200. The molecular formula is C15H15N7O2. The smallest absolute Gasteiger partial charge is 0.375 e. The molecule has 0 aliphatic carbocycles. The van der Waals surface area contributed by atoms with Crippen LogP contribution in [0.5, 0.6) is 0 Å². The molecule has 0 unspecified atom stereocenters. The number of aromatic nitrogens is 6. The van der Waals surface area contributed by atoms with Crippen molar-refractivity contribution < 1.29 is 9.90 Å². The van der Waals surface area contributed by atoms with Crippen molar-refractivity contribution in [1.82, 2.24) is 29.7 Å². The molecule has 0 aliphatic rings. The lowest BCUT2D eigenvalue weighted by Gasteiger charge is -2.08. The van der Waals surface area contributed by atoms with Crippen molar-refractivity contribution in [2.45, 2.75) is 13.5 Å². The largest absolute Gasteiger partial charge is 0.475 e. The maximum atomic E-state index is 10.9. The minimum absolute atomic E-state index is 0.234. The van der Waals surface area contributed by atoms with Crippen LogP contribution >= 0.6 is 0 Å². The summed E-state index contributed by atoms with van der Waals surface area (Å²) in [5.74, 6) is 0.297. The molecule has 0 saturated heterocycles. The Hall–Kier alpha value is -3.36. The first-order valence-electron chi connectivity index (χ1n) is 7.17. The molecule has 0 amide bonds. The lowest BCUT2D eigenvalue weighted by Crippen LogP contribution is -2.09. The molecule has 0 fully saturated rings. The van der Waals surface area contributed by atoms with Gasteiger partial charge in [0.25, 0.3) is 5.82 Å². The Morgan fingerprint density at radius 3 is 2.75 bits per heavy atom. The first kappa shape index (κ1) is 15.5. The maximum absolute atomic E-state index is 10.9. The van der Waals surface area contributed by atoms with Gasteiger partial charge >= 0.3 is 5.97 Å². The Labute approximate surface area is 137 Å². The lowest BCUT2D eigenvalue weighted by atomic mass is 10.2. The molecule has 0 aromatic carbocycles. The average molecular weight is 325 g/mol. The normalized spacial score (nSPS) is 10.6. The number of aryl methyl sites for hydroxylation is 2. The molecule has 9 heteroatoms. The van der Waals surface area contributed by atoms with E-state index in [1.54, 1.807) is 26.2 Å². The fourth-order valence-electron chi connectivity index (χ4n) is 2.13. The molecule has 3 aromatic heterocycles. The number of carboxylic acids is 1. The van der Waals surface area contributed by atoms with Gasteiger partial charge in [-0.2, -0.15) is 0 Å². The number of carbonyl (C=O) groups is 1. The number of aromatic carboxylic acids is 1. The molecule has 0 bridgehead atoms. The van der Waals surface area contributed by atoms with Crippen LogP contribution in [0.15, 0.2) is 30.5 Å². The van der Waals surface area contributed by atoms with E-state index in [0.29, 0.717) is 23.2 Å². The van der Waals surface area contributed by atoms with Crippen LogP contribution in [0.3, 0.4) is 0 Å². The number of carboxylic acid groups (broad SMARTS) is 1. The summed E-state index contributed by atoms with van der Waals surface area (Å²) in [6.45, 7) is 2.08. The number of hydrogen-bond acceptors (Lipinski definition) is 7. The average Bonchev–Trinajstić information content (AvgIpc) is 2.95. The fourth-order valence-corrected chi connectivity index (χ4v) is 2.13. The van der Waals surface area contributed by atoms with Crippen LogP contribution in [0.1, 0.15) is 22.3 Å². The molecule has 3 aromatic rings. The van der Waals surface area contributed by atoms with Crippen molar-refractivity contribution >= 4 is 11.8 Å². The number of pyridine rings is 1. The zero-order valence-electron chi connectivity index (χ0n) is 13.1. The van der Waals surface area contributed by atoms with Gasteiger partial charge in [-0.1, -0.05) is 6.07 Å². The Balaban J connectivity index is 1.81. The highest BCUT2D eigenvalue weighted by Gasteiger charge is 2.13. The monoisotopic (exact) mass is 325 g/mol. The summed E-state index contributed by atoms with van der Waals surface area (Å²) in [5.41, 5.74) is 1.45. The third-order valence-electron chi connectivity index (χ3n) is 3.24. The number of rotatable bonds is 5. The summed E-state index contributed by atoms with van der Waals surface area (Å²) >= 11 is 0. The van der Waals surface area contributed by atoms with Crippen molar-refractivity contribution in [3.05, 3.63) is 47.9 Å².